The van der Waals surface area contributed by atoms with Crippen molar-refractivity contribution in [1.29, 1.82) is 0 Å². The Labute approximate surface area is 299 Å². The Morgan fingerprint density at radius 3 is 1.92 bits per heavy atom. The van der Waals surface area contributed by atoms with Gasteiger partial charge in [-0.25, -0.2) is 9.97 Å². The van der Waals surface area contributed by atoms with Crippen LogP contribution in [0.3, 0.4) is 0 Å². The van der Waals surface area contributed by atoms with E-state index in [0.717, 1.165) is 61.4 Å². The summed E-state index contributed by atoms with van der Waals surface area (Å²) >= 11 is 0. The van der Waals surface area contributed by atoms with Crippen LogP contribution < -0.4 is 30.7 Å². The SMILES string of the molecule is COc1ccc2nc(C(=O)Nc3ccc(C4CCNC4)cc3)ccc2c1.O=C(Nc1ccc(C2CCNC2)cc1)c1ccc(OCC(F)(F)F)nc1. The van der Waals surface area contributed by atoms with E-state index >= 15 is 0 Å². The number of aromatic nitrogens is 2. The molecule has 2 unspecified atom stereocenters. The summed E-state index contributed by atoms with van der Waals surface area (Å²) in [5.74, 6) is 1.04. The molecule has 2 atom stereocenters. The highest BCUT2D eigenvalue weighted by Gasteiger charge is 2.28. The number of hydrogen-bond donors (Lipinski definition) is 4. The number of pyridine rings is 2. The molecule has 10 nitrogen and oxygen atoms in total. The molecule has 0 aliphatic carbocycles. The summed E-state index contributed by atoms with van der Waals surface area (Å²) < 4.78 is 46.0. The number of fused-ring (bicyclic) bond motifs is 1. The number of amides is 2. The Morgan fingerprint density at radius 2 is 1.40 bits per heavy atom. The molecular formula is C39H39F3N6O4. The number of hydrogen-bond acceptors (Lipinski definition) is 8. The van der Waals surface area contributed by atoms with Crippen LogP contribution >= 0.6 is 0 Å². The third-order valence-corrected chi connectivity index (χ3v) is 8.91. The van der Waals surface area contributed by atoms with Crippen LogP contribution in [0.2, 0.25) is 0 Å². The van der Waals surface area contributed by atoms with Crippen molar-refractivity contribution in [3.63, 3.8) is 0 Å². The number of rotatable bonds is 9. The molecule has 2 aromatic heterocycles. The van der Waals surface area contributed by atoms with Crippen molar-refractivity contribution < 1.29 is 32.2 Å². The highest BCUT2D eigenvalue weighted by atomic mass is 19.4. The van der Waals surface area contributed by atoms with Crippen molar-refractivity contribution in [3.8, 4) is 11.6 Å². The fraction of sp³-hybridized carbons (Fsp3) is 0.282. The monoisotopic (exact) mass is 712 g/mol. The Bertz CT molecular complexity index is 1960. The van der Waals surface area contributed by atoms with E-state index in [0.29, 0.717) is 23.2 Å². The van der Waals surface area contributed by atoms with Crippen LogP contribution in [0.25, 0.3) is 10.9 Å². The molecule has 2 amide bonds. The van der Waals surface area contributed by atoms with Crippen molar-refractivity contribution in [2.24, 2.45) is 0 Å². The first-order valence-corrected chi connectivity index (χ1v) is 17.0. The predicted octanol–water partition coefficient (Wildman–Crippen LogP) is 6.92. The summed E-state index contributed by atoms with van der Waals surface area (Å²) in [6, 6.07) is 27.5. The Kier molecular flexibility index (Phi) is 11.6. The van der Waals surface area contributed by atoms with Crippen LogP contribution in [0.4, 0.5) is 24.5 Å². The number of carbonyl (C=O) groups excluding carboxylic acids is 2. The van der Waals surface area contributed by atoms with Crippen molar-refractivity contribution >= 4 is 34.1 Å². The first-order chi connectivity index (χ1) is 25.1. The van der Waals surface area contributed by atoms with Gasteiger partial charge in [-0.05, 0) is 103 Å². The summed E-state index contributed by atoms with van der Waals surface area (Å²) in [6.07, 6.45) is -0.990. The Balaban J connectivity index is 0.000000179. The third kappa shape index (κ3) is 9.83. The minimum Gasteiger partial charge on any atom is -0.497 e. The number of anilines is 2. The molecule has 2 aliphatic heterocycles. The molecule has 7 rings (SSSR count). The van der Waals surface area contributed by atoms with Crippen molar-refractivity contribution in [3.05, 3.63) is 120 Å². The van der Waals surface area contributed by atoms with E-state index < -0.39 is 18.7 Å². The molecule has 0 spiro atoms. The maximum atomic E-state index is 12.5. The number of alkyl halides is 3. The van der Waals surface area contributed by atoms with Crippen LogP contribution in [0.15, 0.2) is 97.2 Å². The zero-order valence-electron chi connectivity index (χ0n) is 28.5. The van der Waals surface area contributed by atoms with Gasteiger partial charge in [0, 0.05) is 42.1 Å². The molecule has 2 aliphatic rings. The van der Waals surface area contributed by atoms with E-state index in [2.05, 4.69) is 48.1 Å². The van der Waals surface area contributed by atoms with Crippen LogP contribution in [0.5, 0.6) is 11.6 Å². The smallest absolute Gasteiger partial charge is 0.422 e. The van der Waals surface area contributed by atoms with Gasteiger partial charge in [-0.15, -0.1) is 0 Å². The largest absolute Gasteiger partial charge is 0.497 e. The molecule has 5 aromatic rings. The first kappa shape index (κ1) is 36.3. The first-order valence-electron chi connectivity index (χ1n) is 17.0. The molecule has 4 heterocycles. The van der Waals surface area contributed by atoms with Gasteiger partial charge in [0.2, 0.25) is 5.88 Å². The normalized spacial score (nSPS) is 16.8. The Hall–Kier alpha value is -5.53. The number of halogens is 3. The standard InChI is InChI=1S/C21H21N3O2.C18H18F3N3O2/c1-26-18-7-9-19-15(12-18)4-8-20(24-19)21(25)23-17-5-2-14(3-6-17)16-10-11-22-13-16;19-18(20,21)11-26-16-6-3-14(10-23-16)17(25)24-15-4-1-12(2-5-15)13-7-8-22-9-13/h2-9,12,16,22H,10-11,13H2,1H3,(H,23,25);1-6,10,13,22H,7-9,11H2,(H,24,25). The predicted molar refractivity (Wildman–Crippen MR) is 193 cm³/mol. The van der Waals surface area contributed by atoms with Gasteiger partial charge in [0.1, 0.15) is 11.4 Å². The molecule has 270 valence electrons. The Morgan fingerprint density at radius 1 is 0.788 bits per heavy atom. The van der Waals surface area contributed by atoms with E-state index in [4.69, 9.17) is 4.74 Å². The van der Waals surface area contributed by atoms with Crippen molar-refractivity contribution in [2.75, 3.05) is 50.5 Å². The maximum Gasteiger partial charge on any atom is 0.422 e. The van der Waals surface area contributed by atoms with Crippen LogP contribution in [-0.2, 0) is 0 Å². The fourth-order valence-electron chi connectivity index (χ4n) is 6.07. The molecule has 0 bridgehead atoms. The van der Waals surface area contributed by atoms with Crippen LogP contribution in [0, 0.1) is 0 Å². The molecule has 0 radical (unpaired) electrons. The third-order valence-electron chi connectivity index (χ3n) is 8.91. The molecule has 0 saturated carbocycles. The number of carbonyl (C=O) groups is 2. The van der Waals surface area contributed by atoms with Gasteiger partial charge in [-0.2, -0.15) is 13.2 Å². The van der Waals surface area contributed by atoms with Gasteiger partial charge in [0.25, 0.3) is 11.8 Å². The average molecular weight is 713 g/mol. The second-order valence-corrected chi connectivity index (χ2v) is 12.6. The number of ether oxygens (including phenoxy) is 2. The molecule has 13 heteroatoms. The molecule has 2 fully saturated rings. The van der Waals surface area contributed by atoms with Crippen molar-refractivity contribution in [1.82, 2.24) is 20.6 Å². The van der Waals surface area contributed by atoms with Gasteiger partial charge < -0.3 is 30.7 Å². The highest BCUT2D eigenvalue weighted by Crippen LogP contribution is 2.26. The minimum absolute atomic E-state index is 0.187. The second-order valence-electron chi connectivity index (χ2n) is 12.6. The number of nitrogens with zero attached hydrogens (tertiary/aromatic N) is 2. The van der Waals surface area contributed by atoms with Crippen LogP contribution in [0.1, 0.15) is 56.7 Å². The van der Waals surface area contributed by atoms with Gasteiger partial charge >= 0.3 is 6.18 Å². The van der Waals surface area contributed by atoms with Gasteiger partial charge in [0.15, 0.2) is 6.61 Å². The summed E-state index contributed by atoms with van der Waals surface area (Å²) in [5.41, 5.74) is 5.35. The minimum atomic E-state index is -4.43. The number of methoxy groups -OCH3 is 1. The summed E-state index contributed by atoms with van der Waals surface area (Å²) in [6.45, 7) is 2.65. The maximum absolute atomic E-state index is 12.5. The topological polar surface area (TPSA) is 126 Å². The zero-order chi connectivity index (χ0) is 36.5. The lowest BCUT2D eigenvalue weighted by Gasteiger charge is -2.11. The number of benzene rings is 3. The summed E-state index contributed by atoms with van der Waals surface area (Å²) in [7, 11) is 1.63. The van der Waals surface area contributed by atoms with Gasteiger partial charge in [0.05, 0.1) is 18.2 Å². The lowest BCUT2D eigenvalue weighted by molar-refractivity contribution is -0.154. The molecule has 4 N–H and O–H groups in total. The fourth-order valence-corrected chi connectivity index (χ4v) is 6.07. The van der Waals surface area contributed by atoms with Crippen molar-refractivity contribution in [2.45, 2.75) is 30.9 Å². The summed E-state index contributed by atoms with van der Waals surface area (Å²) in [5, 5.41) is 13.3. The lowest BCUT2D eigenvalue weighted by atomic mass is 9.98. The van der Waals surface area contributed by atoms with E-state index in [9.17, 15) is 22.8 Å². The molecule has 3 aromatic carbocycles. The quantitative estimate of drug-likeness (QED) is 0.130. The summed E-state index contributed by atoms with van der Waals surface area (Å²) in [4.78, 5) is 32.9. The number of nitrogens with one attached hydrogen (secondary N) is 4. The van der Waals surface area contributed by atoms with E-state index in [1.54, 1.807) is 13.2 Å². The molecule has 2 saturated heterocycles. The van der Waals surface area contributed by atoms with Crippen LogP contribution in [-0.4, -0.2) is 67.9 Å². The molecular weight excluding hydrogens is 673 g/mol. The lowest BCUT2D eigenvalue weighted by Crippen LogP contribution is -2.19. The van der Waals surface area contributed by atoms with Gasteiger partial charge in [-0.1, -0.05) is 30.3 Å². The average Bonchev–Trinajstić information content (AvgIpc) is 3.91. The molecule has 52 heavy (non-hydrogen) atoms. The van der Waals surface area contributed by atoms with E-state index in [1.165, 1.54) is 29.5 Å². The zero-order valence-corrected chi connectivity index (χ0v) is 28.5. The highest BCUT2D eigenvalue weighted by molar-refractivity contribution is 6.04. The second kappa shape index (κ2) is 16.7. The van der Waals surface area contributed by atoms with E-state index in [1.807, 2.05) is 60.7 Å². The van der Waals surface area contributed by atoms with Gasteiger partial charge in [-0.3, -0.25) is 9.59 Å². The van der Waals surface area contributed by atoms with E-state index in [-0.39, 0.29) is 17.4 Å².